The second-order valence-corrected chi connectivity index (χ2v) is 7.60. The average Bonchev–Trinajstić information content (AvgIpc) is 3.05. The second-order valence-electron chi connectivity index (χ2n) is 5.46. The van der Waals surface area contributed by atoms with Crippen molar-refractivity contribution in [2.45, 2.75) is 31.6 Å². The Hall–Kier alpha value is -1.18. The third kappa shape index (κ3) is 3.11. The molecule has 1 N–H and O–H groups in total. The summed E-state index contributed by atoms with van der Waals surface area (Å²) in [4.78, 5) is 10.1. The molecule has 20 heavy (non-hydrogen) atoms. The van der Waals surface area contributed by atoms with Gasteiger partial charge in [0.2, 0.25) is 10.0 Å². The summed E-state index contributed by atoms with van der Waals surface area (Å²) in [5.74, 6) is 0. The van der Waals surface area contributed by atoms with Gasteiger partial charge >= 0.3 is 0 Å². The maximum Gasteiger partial charge on any atom is 0.289 e. The largest absolute Gasteiger partial charge is 0.289 e. The average molecular weight is 319 g/mol. The number of nitro groups is 1. The van der Waals surface area contributed by atoms with Gasteiger partial charge < -0.3 is 0 Å². The second kappa shape index (κ2) is 4.98. The normalized spacial score (nSPS) is 16.9. The molecule has 0 unspecified atom stereocenters. The summed E-state index contributed by atoms with van der Waals surface area (Å²) in [6.07, 6.45) is 1.96. The van der Waals surface area contributed by atoms with Crippen molar-refractivity contribution in [1.82, 2.24) is 4.72 Å². The first-order valence-electron chi connectivity index (χ1n) is 6.09. The van der Waals surface area contributed by atoms with Crippen molar-refractivity contribution in [3.8, 4) is 0 Å². The van der Waals surface area contributed by atoms with E-state index >= 15 is 0 Å². The maximum atomic E-state index is 12.2. The topological polar surface area (TPSA) is 89.3 Å². The fraction of sp³-hybridized carbons (Fsp3) is 0.500. The number of nitrogens with one attached hydrogen (secondary N) is 1. The van der Waals surface area contributed by atoms with E-state index in [4.69, 9.17) is 11.6 Å². The smallest absolute Gasteiger partial charge is 0.258 e. The van der Waals surface area contributed by atoms with Gasteiger partial charge in [-0.2, -0.15) is 0 Å². The lowest BCUT2D eigenvalue weighted by molar-refractivity contribution is -0.384. The van der Waals surface area contributed by atoms with Gasteiger partial charge in [-0.1, -0.05) is 18.5 Å². The minimum absolute atomic E-state index is 0.0132. The number of aryl methyl sites for hydroxylation is 1. The number of benzene rings is 1. The van der Waals surface area contributed by atoms with E-state index in [0.717, 1.165) is 18.9 Å². The first-order valence-corrected chi connectivity index (χ1v) is 7.95. The van der Waals surface area contributed by atoms with Crippen molar-refractivity contribution >= 4 is 27.3 Å². The summed E-state index contributed by atoms with van der Waals surface area (Å²) in [6, 6.07) is 2.31. The number of nitro benzene ring substituents is 1. The molecule has 1 saturated carbocycles. The zero-order valence-corrected chi connectivity index (χ0v) is 12.7. The minimum Gasteiger partial charge on any atom is -0.258 e. The van der Waals surface area contributed by atoms with Crippen LogP contribution in [0.2, 0.25) is 5.02 Å². The summed E-state index contributed by atoms with van der Waals surface area (Å²) >= 11 is 5.75. The summed E-state index contributed by atoms with van der Waals surface area (Å²) in [6.45, 7) is 3.89. The molecule has 0 heterocycles. The molecular formula is C12H15ClN2O4S. The molecule has 0 spiro atoms. The zero-order valence-electron chi connectivity index (χ0n) is 11.1. The van der Waals surface area contributed by atoms with Crippen molar-refractivity contribution in [3.05, 3.63) is 32.8 Å². The zero-order chi connectivity index (χ0) is 15.1. The van der Waals surface area contributed by atoms with Crippen molar-refractivity contribution < 1.29 is 13.3 Å². The molecular weight excluding hydrogens is 304 g/mol. The third-order valence-corrected chi connectivity index (χ3v) is 5.37. The highest BCUT2D eigenvalue weighted by atomic mass is 35.5. The summed E-state index contributed by atoms with van der Waals surface area (Å²) in [5, 5.41) is 10.8. The van der Waals surface area contributed by atoms with E-state index in [1.165, 1.54) is 6.07 Å². The SMILES string of the molecule is Cc1cc(Cl)c([N+](=O)[O-])cc1S(=O)(=O)NCC1(C)CC1. The lowest BCUT2D eigenvalue weighted by Gasteiger charge is -2.12. The Kier molecular flexibility index (Phi) is 3.79. The van der Waals surface area contributed by atoms with Gasteiger partial charge in [0.15, 0.2) is 0 Å². The quantitative estimate of drug-likeness (QED) is 0.667. The number of halogens is 1. The monoisotopic (exact) mass is 318 g/mol. The fourth-order valence-electron chi connectivity index (χ4n) is 1.81. The Labute approximate surface area is 122 Å². The van der Waals surface area contributed by atoms with Gasteiger partial charge in [-0.15, -0.1) is 0 Å². The van der Waals surface area contributed by atoms with Crippen molar-refractivity contribution in [3.63, 3.8) is 0 Å². The van der Waals surface area contributed by atoms with Crippen molar-refractivity contribution in [2.24, 2.45) is 5.41 Å². The molecule has 0 amide bonds. The number of nitrogens with zero attached hydrogens (tertiary/aromatic N) is 1. The molecule has 1 aliphatic rings. The predicted molar refractivity (Wildman–Crippen MR) is 75.4 cm³/mol. The Morgan fingerprint density at radius 2 is 2.05 bits per heavy atom. The highest BCUT2D eigenvalue weighted by molar-refractivity contribution is 7.89. The van der Waals surface area contributed by atoms with E-state index in [1.54, 1.807) is 6.92 Å². The van der Waals surface area contributed by atoms with Crippen LogP contribution in [0.3, 0.4) is 0 Å². The van der Waals surface area contributed by atoms with Crippen LogP contribution < -0.4 is 4.72 Å². The highest BCUT2D eigenvalue weighted by Gasteiger charge is 2.38. The number of rotatable bonds is 5. The van der Waals surface area contributed by atoms with Crippen LogP contribution in [0, 0.1) is 22.5 Å². The van der Waals surface area contributed by atoms with Crippen LogP contribution in [0.1, 0.15) is 25.3 Å². The van der Waals surface area contributed by atoms with Gasteiger partial charge in [-0.05, 0) is 36.8 Å². The maximum absolute atomic E-state index is 12.2. The molecule has 8 heteroatoms. The first kappa shape index (κ1) is 15.2. The van der Waals surface area contributed by atoms with Crippen LogP contribution in [-0.4, -0.2) is 19.9 Å². The molecule has 1 aliphatic carbocycles. The van der Waals surface area contributed by atoms with Crippen LogP contribution in [0.5, 0.6) is 0 Å². The Morgan fingerprint density at radius 3 is 2.55 bits per heavy atom. The van der Waals surface area contributed by atoms with E-state index in [0.29, 0.717) is 12.1 Å². The van der Waals surface area contributed by atoms with Gasteiger partial charge in [0.25, 0.3) is 5.69 Å². The van der Waals surface area contributed by atoms with Crippen molar-refractivity contribution in [2.75, 3.05) is 6.54 Å². The molecule has 0 radical (unpaired) electrons. The Morgan fingerprint density at radius 1 is 1.45 bits per heavy atom. The van der Waals surface area contributed by atoms with Gasteiger partial charge in [0.1, 0.15) is 5.02 Å². The molecule has 6 nitrogen and oxygen atoms in total. The Balaban J connectivity index is 2.35. The van der Waals surface area contributed by atoms with Gasteiger partial charge in [-0.3, -0.25) is 10.1 Å². The van der Waals surface area contributed by atoms with Crippen LogP contribution in [0.25, 0.3) is 0 Å². The van der Waals surface area contributed by atoms with E-state index in [-0.39, 0.29) is 15.3 Å². The molecule has 1 aromatic carbocycles. The van der Waals surface area contributed by atoms with Crippen LogP contribution in [0.4, 0.5) is 5.69 Å². The van der Waals surface area contributed by atoms with E-state index in [1.807, 2.05) is 6.92 Å². The molecule has 0 bridgehead atoms. The molecule has 1 fully saturated rings. The van der Waals surface area contributed by atoms with E-state index < -0.39 is 20.6 Å². The lowest BCUT2D eigenvalue weighted by atomic mass is 10.2. The molecule has 0 saturated heterocycles. The molecule has 0 atom stereocenters. The van der Waals surface area contributed by atoms with Gasteiger partial charge in [-0.25, -0.2) is 13.1 Å². The number of hydrogen-bond acceptors (Lipinski definition) is 4. The van der Waals surface area contributed by atoms with Crippen LogP contribution >= 0.6 is 11.6 Å². The standard InChI is InChI=1S/C12H15ClN2O4S/c1-8-5-9(13)10(15(16)17)6-11(8)20(18,19)14-7-12(2)3-4-12/h5-6,14H,3-4,7H2,1-2H3. The summed E-state index contributed by atoms with van der Waals surface area (Å²) < 4.78 is 27.0. The number of hydrogen-bond donors (Lipinski definition) is 1. The lowest BCUT2D eigenvalue weighted by Crippen LogP contribution is -2.29. The van der Waals surface area contributed by atoms with Gasteiger partial charge in [0, 0.05) is 12.6 Å². The minimum atomic E-state index is -3.77. The first-order chi connectivity index (χ1) is 9.15. The van der Waals surface area contributed by atoms with Crippen LogP contribution in [0.15, 0.2) is 17.0 Å². The third-order valence-electron chi connectivity index (χ3n) is 3.52. The van der Waals surface area contributed by atoms with E-state index in [9.17, 15) is 18.5 Å². The molecule has 110 valence electrons. The predicted octanol–water partition coefficient (Wildman–Crippen LogP) is 2.64. The number of sulfonamides is 1. The van der Waals surface area contributed by atoms with Crippen LogP contribution in [-0.2, 0) is 10.0 Å². The molecule has 0 aromatic heterocycles. The summed E-state index contributed by atoms with van der Waals surface area (Å²) in [5.41, 5.74) is -0.0105. The molecule has 0 aliphatic heterocycles. The Bertz CT molecular complexity index is 668. The molecule has 1 aromatic rings. The fourth-order valence-corrected chi connectivity index (χ4v) is 3.54. The summed E-state index contributed by atoms with van der Waals surface area (Å²) in [7, 11) is -3.77. The van der Waals surface area contributed by atoms with Crippen molar-refractivity contribution in [1.29, 1.82) is 0 Å². The van der Waals surface area contributed by atoms with Gasteiger partial charge in [0.05, 0.1) is 9.82 Å². The highest BCUT2D eigenvalue weighted by Crippen LogP contribution is 2.44. The molecule has 2 rings (SSSR count). The van der Waals surface area contributed by atoms with E-state index in [2.05, 4.69) is 4.72 Å².